The second kappa shape index (κ2) is 14.3. The van der Waals surface area contributed by atoms with Gasteiger partial charge in [-0.3, -0.25) is 0 Å². The topological polar surface area (TPSA) is 6.48 Å². The highest BCUT2D eigenvalue weighted by molar-refractivity contribution is 6.74. The number of nitrogens with zero attached hydrogens (tertiary/aromatic N) is 2. The van der Waals surface area contributed by atoms with Gasteiger partial charge in [0, 0.05) is 34.1 Å². The fraction of sp³-hybridized carbons (Fsp3) is 0.160. The van der Waals surface area contributed by atoms with Crippen molar-refractivity contribution >= 4 is 46.3 Å². The first kappa shape index (κ1) is 34.3. The summed E-state index contributed by atoms with van der Waals surface area (Å²) in [7, 11) is 0. The number of rotatable bonds is 9. The maximum absolute atomic E-state index is 2.46. The van der Waals surface area contributed by atoms with Crippen molar-refractivity contribution in [1.29, 1.82) is 0 Å². The van der Waals surface area contributed by atoms with Crippen LogP contribution < -0.4 is 15.3 Å². The van der Waals surface area contributed by atoms with E-state index in [1.807, 2.05) is 0 Å². The number of hydrogen-bond acceptors (Lipinski definition) is 2. The SMILES string of the molecule is CC1(C)CB(c2cc(N(c3ccccc3)c3ccc(-c4ccccc4)cc3)cc(N(c3ccccc3)c3ccc(-c4ccccc4)cc3)c2)CC1(C)C. The van der Waals surface area contributed by atoms with Crippen LogP contribution in [0, 0.1) is 10.8 Å². The standard InChI is InChI=1S/C50H47BN2/c1-49(2)36-51(37-50(49,3)4)42-33-47(52(43-21-13-7-14-22-43)45-29-25-40(26-30-45)38-17-9-5-10-18-38)35-48(34-42)53(44-23-15-8-16-24-44)46-31-27-41(28-32-46)39-19-11-6-12-20-39/h5-35H,36-37H2,1-4H3. The average Bonchev–Trinajstić information content (AvgIpc) is 3.43. The van der Waals surface area contributed by atoms with Crippen LogP contribution in [0.1, 0.15) is 27.7 Å². The van der Waals surface area contributed by atoms with Crippen LogP contribution in [0.25, 0.3) is 22.3 Å². The van der Waals surface area contributed by atoms with E-state index < -0.39 is 0 Å². The Hall–Kier alpha value is -5.80. The molecule has 1 aliphatic rings. The van der Waals surface area contributed by atoms with Gasteiger partial charge in [-0.15, -0.1) is 0 Å². The van der Waals surface area contributed by atoms with Crippen molar-refractivity contribution in [3.8, 4) is 22.3 Å². The predicted octanol–water partition coefficient (Wildman–Crippen LogP) is 13.7. The lowest BCUT2D eigenvalue weighted by Gasteiger charge is -2.35. The molecule has 3 heteroatoms. The number of benzene rings is 7. The number of anilines is 6. The Kier molecular flexibility index (Phi) is 9.27. The summed E-state index contributed by atoms with van der Waals surface area (Å²) in [5.74, 6) is 0. The summed E-state index contributed by atoms with van der Waals surface area (Å²) in [6.07, 6.45) is 2.30. The molecule has 0 aromatic heterocycles. The molecule has 0 spiro atoms. The van der Waals surface area contributed by atoms with Gasteiger partial charge in [-0.05, 0) is 99.8 Å². The Balaban J connectivity index is 1.30. The van der Waals surface area contributed by atoms with E-state index in [-0.39, 0.29) is 10.8 Å². The molecular weight excluding hydrogens is 639 g/mol. The lowest BCUT2D eigenvalue weighted by Crippen LogP contribution is -2.30. The van der Waals surface area contributed by atoms with Gasteiger partial charge in [0.1, 0.15) is 0 Å². The fourth-order valence-electron chi connectivity index (χ4n) is 8.12. The zero-order valence-electron chi connectivity index (χ0n) is 31.3. The third kappa shape index (κ3) is 7.05. The molecular formula is C50H47BN2. The Bertz CT molecular complexity index is 2100. The maximum atomic E-state index is 2.46. The van der Waals surface area contributed by atoms with E-state index in [4.69, 9.17) is 0 Å². The van der Waals surface area contributed by atoms with Gasteiger partial charge in [0.05, 0.1) is 0 Å². The molecule has 0 atom stereocenters. The number of hydrogen-bond donors (Lipinski definition) is 0. The summed E-state index contributed by atoms with van der Waals surface area (Å²) in [6.45, 7) is 10.2. The van der Waals surface area contributed by atoms with E-state index in [1.54, 1.807) is 0 Å². The van der Waals surface area contributed by atoms with E-state index >= 15 is 0 Å². The van der Waals surface area contributed by atoms with Crippen LogP contribution in [0.3, 0.4) is 0 Å². The van der Waals surface area contributed by atoms with Crippen LogP contribution in [0.15, 0.2) is 188 Å². The molecule has 8 rings (SSSR count). The number of para-hydroxylation sites is 2. The molecule has 0 aliphatic carbocycles. The van der Waals surface area contributed by atoms with Gasteiger partial charge in [-0.2, -0.15) is 0 Å². The molecule has 260 valence electrons. The summed E-state index contributed by atoms with van der Waals surface area (Å²) in [5, 5.41) is 0. The zero-order chi connectivity index (χ0) is 36.4. The van der Waals surface area contributed by atoms with Crippen molar-refractivity contribution in [3.63, 3.8) is 0 Å². The lowest BCUT2D eigenvalue weighted by atomic mass is 9.42. The minimum atomic E-state index is 0.229. The quantitative estimate of drug-likeness (QED) is 0.140. The first-order chi connectivity index (χ1) is 25.8. The molecule has 7 aromatic carbocycles. The minimum absolute atomic E-state index is 0.229. The summed E-state index contributed by atoms with van der Waals surface area (Å²) < 4.78 is 0. The van der Waals surface area contributed by atoms with Crippen LogP contribution in [0.4, 0.5) is 34.1 Å². The second-order valence-electron chi connectivity index (χ2n) is 15.8. The highest BCUT2D eigenvalue weighted by Crippen LogP contribution is 2.53. The van der Waals surface area contributed by atoms with Crippen LogP contribution in [-0.4, -0.2) is 6.71 Å². The Morgan fingerprint density at radius 3 is 1.00 bits per heavy atom. The Labute approximate surface area is 316 Å². The van der Waals surface area contributed by atoms with E-state index in [1.165, 1.54) is 27.7 Å². The lowest BCUT2D eigenvalue weighted by molar-refractivity contribution is 0.177. The summed E-state index contributed by atoms with van der Waals surface area (Å²) in [6, 6.07) is 68.2. The van der Waals surface area contributed by atoms with Gasteiger partial charge in [0.25, 0.3) is 0 Å². The molecule has 2 nitrogen and oxygen atoms in total. The maximum Gasteiger partial charge on any atom is 0.177 e. The van der Waals surface area contributed by atoms with E-state index in [0.717, 1.165) is 46.8 Å². The molecule has 1 saturated heterocycles. The van der Waals surface area contributed by atoms with E-state index in [2.05, 4.69) is 226 Å². The molecule has 0 radical (unpaired) electrons. The van der Waals surface area contributed by atoms with Gasteiger partial charge in [-0.1, -0.05) is 167 Å². The van der Waals surface area contributed by atoms with Crippen LogP contribution in [0.5, 0.6) is 0 Å². The van der Waals surface area contributed by atoms with Gasteiger partial charge < -0.3 is 9.80 Å². The fourth-order valence-corrected chi connectivity index (χ4v) is 8.12. The molecule has 0 N–H and O–H groups in total. The highest BCUT2D eigenvalue weighted by Gasteiger charge is 2.48. The molecule has 0 bridgehead atoms. The summed E-state index contributed by atoms with van der Waals surface area (Å²) >= 11 is 0. The van der Waals surface area contributed by atoms with Gasteiger partial charge in [-0.25, -0.2) is 0 Å². The van der Waals surface area contributed by atoms with E-state index in [9.17, 15) is 0 Å². The molecule has 1 aliphatic heterocycles. The third-order valence-corrected chi connectivity index (χ3v) is 11.8. The largest absolute Gasteiger partial charge is 0.310 e. The van der Waals surface area contributed by atoms with E-state index in [0.29, 0.717) is 6.71 Å². The van der Waals surface area contributed by atoms with Crippen molar-refractivity contribution in [3.05, 3.63) is 188 Å². The van der Waals surface area contributed by atoms with Crippen molar-refractivity contribution < 1.29 is 0 Å². The Morgan fingerprint density at radius 2 is 0.642 bits per heavy atom. The predicted molar refractivity (Wildman–Crippen MR) is 229 cm³/mol. The van der Waals surface area contributed by atoms with Gasteiger partial charge in [0.2, 0.25) is 0 Å². The summed E-state index contributed by atoms with van der Waals surface area (Å²) in [5.41, 5.74) is 13.5. The van der Waals surface area contributed by atoms with Crippen LogP contribution >= 0.6 is 0 Å². The van der Waals surface area contributed by atoms with Crippen molar-refractivity contribution in [2.75, 3.05) is 9.80 Å². The monoisotopic (exact) mass is 686 g/mol. The first-order valence-electron chi connectivity index (χ1n) is 18.9. The van der Waals surface area contributed by atoms with Crippen molar-refractivity contribution in [2.45, 2.75) is 40.3 Å². The van der Waals surface area contributed by atoms with Crippen molar-refractivity contribution in [1.82, 2.24) is 0 Å². The van der Waals surface area contributed by atoms with Gasteiger partial charge >= 0.3 is 0 Å². The van der Waals surface area contributed by atoms with Gasteiger partial charge in [0.15, 0.2) is 6.71 Å². The second-order valence-corrected chi connectivity index (χ2v) is 15.8. The normalized spacial score (nSPS) is 14.5. The average molecular weight is 687 g/mol. The highest BCUT2D eigenvalue weighted by atomic mass is 15.2. The third-order valence-electron chi connectivity index (χ3n) is 11.8. The molecule has 0 saturated carbocycles. The minimum Gasteiger partial charge on any atom is -0.310 e. The smallest absolute Gasteiger partial charge is 0.177 e. The van der Waals surface area contributed by atoms with Crippen LogP contribution in [0.2, 0.25) is 12.6 Å². The molecule has 53 heavy (non-hydrogen) atoms. The van der Waals surface area contributed by atoms with Crippen LogP contribution in [-0.2, 0) is 0 Å². The molecule has 1 fully saturated rings. The first-order valence-corrected chi connectivity index (χ1v) is 18.9. The Morgan fingerprint density at radius 1 is 0.340 bits per heavy atom. The molecule has 7 aromatic rings. The molecule has 0 unspecified atom stereocenters. The van der Waals surface area contributed by atoms with Crippen molar-refractivity contribution in [2.24, 2.45) is 10.8 Å². The molecule has 1 heterocycles. The molecule has 0 amide bonds. The zero-order valence-corrected chi connectivity index (χ0v) is 31.3. The summed E-state index contributed by atoms with van der Waals surface area (Å²) in [4.78, 5) is 4.85.